The second-order valence-electron chi connectivity index (χ2n) is 8.46. The summed E-state index contributed by atoms with van der Waals surface area (Å²) in [7, 11) is 0. The van der Waals surface area contributed by atoms with Gasteiger partial charge in [0.2, 0.25) is 0 Å². The molecule has 0 aromatic carbocycles. The Labute approximate surface area is 153 Å². The molecule has 3 fully saturated rings. The molecule has 2 saturated carbocycles. The zero-order chi connectivity index (χ0) is 20.4. The van der Waals surface area contributed by atoms with E-state index in [1.807, 2.05) is 13.8 Å². The Morgan fingerprint density at radius 2 is 1.59 bits per heavy atom. The number of esters is 1. The Morgan fingerprint density at radius 3 is 2.11 bits per heavy atom. The van der Waals surface area contributed by atoms with Crippen molar-refractivity contribution in [1.29, 1.82) is 0 Å². The van der Waals surface area contributed by atoms with Crippen LogP contribution in [-0.2, 0) is 14.3 Å². The van der Waals surface area contributed by atoms with Crippen LogP contribution in [0.2, 0.25) is 0 Å². The highest BCUT2D eigenvalue weighted by molar-refractivity contribution is 5.66. The lowest BCUT2D eigenvalue weighted by atomic mass is 9.70. The summed E-state index contributed by atoms with van der Waals surface area (Å²) in [6.07, 6.45) is -11.4. The van der Waals surface area contributed by atoms with Gasteiger partial charge in [-0.2, -0.15) is 26.3 Å². The molecule has 1 aliphatic heterocycles. The van der Waals surface area contributed by atoms with E-state index in [2.05, 4.69) is 4.74 Å². The van der Waals surface area contributed by atoms with Gasteiger partial charge >= 0.3 is 23.9 Å². The highest BCUT2D eigenvalue weighted by Crippen LogP contribution is 2.61. The predicted octanol–water partition coefficient (Wildman–Crippen LogP) is 4.89. The number of carbonyl (C=O) groups is 1. The average Bonchev–Trinajstić information content (AvgIpc) is 3.03. The monoisotopic (exact) mass is 402 g/mol. The Hall–Kier alpha value is -0.990. The molecule has 3 nitrogen and oxygen atoms in total. The van der Waals surface area contributed by atoms with Crippen LogP contribution in [0, 0.1) is 29.6 Å². The van der Waals surface area contributed by atoms with Crippen molar-refractivity contribution < 1.29 is 40.6 Å². The number of hydrogen-bond donors (Lipinski definition) is 0. The van der Waals surface area contributed by atoms with Crippen LogP contribution in [0.15, 0.2) is 0 Å². The largest absolute Gasteiger partial charge is 0.440 e. The van der Waals surface area contributed by atoms with Crippen molar-refractivity contribution in [3.63, 3.8) is 0 Å². The normalized spacial score (nSPS) is 39.4. The maximum atomic E-state index is 13.5. The van der Waals surface area contributed by atoms with E-state index in [1.54, 1.807) is 0 Å². The van der Waals surface area contributed by atoms with E-state index in [0.717, 1.165) is 6.42 Å². The second-order valence-corrected chi connectivity index (χ2v) is 8.46. The molecule has 156 valence electrons. The van der Waals surface area contributed by atoms with Gasteiger partial charge in [0.05, 0.1) is 12.2 Å². The van der Waals surface area contributed by atoms with Crippen LogP contribution in [0.25, 0.3) is 0 Å². The van der Waals surface area contributed by atoms with Gasteiger partial charge in [0.25, 0.3) is 0 Å². The highest BCUT2D eigenvalue weighted by atomic mass is 19.4. The van der Waals surface area contributed by atoms with Crippen molar-refractivity contribution in [3.8, 4) is 0 Å². The third-order valence-electron chi connectivity index (χ3n) is 6.84. The van der Waals surface area contributed by atoms with E-state index in [4.69, 9.17) is 4.74 Å². The Morgan fingerprint density at radius 1 is 1.00 bits per heavy atom. The minimum atomic E-state index is -5.74. The standard InChI is InChI=1S/C18H24F6O3/c1-8-4-13-11-5-12(14(6-11)15(13)26-9(8)2)7-16(17(19,20)21,18(22,23)24)27-10(3)25/h8-9,11-15H,4-7H2,1-3H3. The molecule has 1 saturated heterocycles. The van der Waals surface area contributed by atoms with Gasteiger partial charge in [0, 0.05) is 13.3 Å². The van der Waals surface area contributed by atoms with Crippen LogP contribution in [0.4, 0.5) is 26.3 Å². The van der Waals surface area contributed by atoms with Crippen molar-refractivity contribution in [1.82, 2.24) is 0 Å². The number of fused-ring (bicyclic) bond motifs is 5. The molecule has 0 spiro atoms. The van der Waals surface area contributed by atoms with Crippen LogP contribution < -0.4 is 0 Å². The van der Waals surface area contributed by atoms with Gasteiger partial charge < -0.3 is 9.47 Å². The minimum absolute atomic E-state index is 0.0662. The second kappa shape index (κ2) is 6.52. The van der Waals surface area contributed by atoms with Crippen LogP contribution in [0.5, 0.6) is 0 Å². The minimum Gasteiger partial charge on any atom is -0.440 e. The van der Waals surface area contributed by atoms with E-state index in [0.29, 0.717) is 19.3 Å². The first-order valence-corrected chi connectivity index (χ1v) is 9.25. The zero-order valence-corrected chi connectivity index (χ0v) is 15.4. The molecule has 9 heteroatoms. The first kappa shape index (κ1) is 20.7. The quantitative estimate of drug-likeness (QED) is 0.498. The molecule has 7 unspecified atom stereocenters. The number of carbonyl (C=O) groups excluding carboxylic acids is 1. The molecular formula is C18H24F6O3. The molecule has 0 N–H and O–H groups in total. The molecule has 3 aliphatic rings. The zero-order valence-electron chi connectivity index (χ0n) is 15.4. The molecule has 0 aromatic rings. The van der Waals surface area contributed by atoms with Gasteiger partial charge in [-0.25, -0.2) is 0 Å². The summed E-state index contributed by atoms with van der Waals surface area (Å²) in [5.74, 6) is -2.24. The van der Waals surface area contributed by atoms with Crippen molar-refractivity contribution in [2.45, 2.75) is 76.6 Å². The third kappa shape index (κ3) is 3.34. The third-order valence-corrected chi connectivity index (χ3v) is 6.84. The van der Waals surface area contributed by atoms with Crippen molar-refractivity contribution >= 4 is 5.97 Å². The molecule has 1 heterocycles. The lowest BCUT2D eigenvalue weighted by Gasteiger charge is -2.46. The Bertz CT molecular complexity index is 573. The summed E-state index contributed by atoms with van der Waals surface area (Å²) in [5.41, 5.74) is -4.47. The molecular weight excluding hydrogens is 378 g/mol. The van der Waals surface area contributed by atoms with Crippen LogP contribution in [0.3, 0.4) is 0 Å². The van der Waals surface area contributed by atoms with E-state index in [-0.39, 0.29) is 36.4 Å². The molecule has 2 aliphatic carbocycles. The van der Waals surface area contributed by atoms with Crippen LogP contribution in [0.1, 0.15) is 46.5 Å². The maximum Gasteiger partial charge on any atom is 0.437 e. The van der Waals surface area contributed by atoms with Gasteiger partial charge in [-0.1, -0.05) is 6.92 Å². The lowest BCUT2D eigenvalue weighted by molar-refractivity contribution is -0.375. The van der Waals surface area contributed by atoms with Gasteiger partial charge in [-0.05, 0) is 55.8 Å². The van der Waals surface area contributed by atoms with E-state index >= 15 is 0 Å². The summed E-state index contributed by atoms with van der Waals surface area (Å²) in [6.45, 7) is 4.50. The number of ether oxygens (including phenoxy) is 2. The first-order chi connectivity index (χ1) is 12.3. The molecule has 0 radical (unpaired) electrons. The fraction of sp³-hybridized carbons (Fsp3) is 0.944. The van der Waals surface area contributed by atoms with E-state index < -0.39 is 36.3 Å². The van der Waals surface area contributed by atoms with Gasteiger partial charge in [0.1, 0.15) is 0 Å². The SMILES string of the molecule is CC(=O)OC(CC1CC2CC1C1OC(C)C(C)CC21)(C(F)(F)F)C(F)(F)F. The lowest BCUT2D eigenvalue weighted by Crippen LogP contribution is -2.61. The van der Waals surface area contributed by atoms with Crippen molar-refractivity contribution in [2.24, 2.45) is 29.6 Å². The van der Waals surface area contributed by atoms with Gasteiger partial charge in [-0.3, -0.25) is 4.79 Å². The summed E-state index contributed by atoms with van der Waals surface area (Å²) in [5, 5.41) is 0. The summed E-state index contributed by atoms with van der Waals surface area (Å²) in [6, 6.07) is 0. The van der Waals surface area contributed by atoms with Gasteiger partial charge in [-0.15, -0.1) is 0 Å². The number of rotatable bonds is 3. The molecule has 3 rings (SSSR count). The van der Waals surface area contributed by atoms with Crippen molar-refractivity contribution in [2.75, 3.05) is 0 Å². The highest BCUT2D eigenvalue weighted by Gasteiger charge is 2.75. The van der Waals surface area contributed by atoms with E-state index in [1.165, 1.54) is 0 Å². The maximum absolute atomic E-state index is 13.5. The fourth-order valence-electron chi connectivity index (χ4n) is 5.47. The number of alkyl halides is 6. The van der Waals surface area contributed by atoms with E-state index in [9.17, 15) is 31.1 Å². The Kier molecular flexibility index (Phi) is 5.01. The fourth-order valence-corrected chi connectivity index (χ4v) is 5.47. The summed E-state index contributed by atoms with van der Waals surface area (Å²) < 4.78 is 91.2. The van der Waals surface area contributed by atoms with Gasteiger partial charge in [0.15, 0.2) is 0 Å². The topological polar surface area (TPSA) is 35.5 Å². The molecule has 0 aromatic heterocycles. The molecule has 0 amide bonds. The smallest absolute Gasteiger partial charge is 0.437 e. The van der Waals surface area contributed by atoms with Crippen LogP contribution >= 0.6 is 0 Å². The summed E-state index contributed by atoms with van der Waals surface area (Å²) in [4.78, 5) is 11.1. The summed E-state index contributed by atoms with van der Waals surface area (Å²) >= 11 is 0. The average molecular weight is 402 g/mol. The first-order valence-electron chi connectivity index (χ1n) is 9.25. The van der Waals surface area contributed by atoms with Crippen LogP contribution in [-0.4, -0.2) is 36.1 Å². The predicted molar refractivity (Wildman–Crippen MR) is 82.5 cm³/mol. The molecule has 7 atom stereocenters. The number of halogens is 6. The Balaban J connectivity index is 1.87. The molecule has 27 heavy (non-hydrogen) atoms. The number of hydrogen-bond acceptors (Lipinski definition) is 3. The van der Waals surface area contributed by atoms with Crippen molar-refractivity contribution in [3.05, 3.63) is 0 Å². The molecule has 2 bridgehead atoms.